The van der Waals surface area contributed by atoms with E-state index in [0.717, 1.165) is 42.7 Å². The molecule has 0 radical (unpaired) electrons. The molecular weight excluding hydrogens is 266 g/mol. The van der Waals surface area contributed by atoms with E-state index in [1.54, 1.807) is 4.90 Å². The van der Waals surface area contributed by atoms with Crippen molar-refractivity contribution in [3.63, 3.8) is 0 Å². The number of nitrogens with zero attached hydrogens (tertiary/aromatic N) is 1. The number of hydrogen-bond acceptors (Lipinski definition) is 3. The lowest BCUT2D eigenvalue weighted by Gasteiger charge is -2.30. The molecule has 1 fully saturated rings. The van der Waals surface area contributed by atoms with E-state index in [1.807, 2.05) is 32.0 Å². The molecule has 0 atom stereocenters. The Bertz CT molecular complexity index is 591. The summed E-state index contributed by atoms with van der Waals surface area (Å²) in [6.45, 7) is 5.21. The van der Waals surface area contributed by atoms with Crippen LogP contribution in [0.1, 0.15) is 38.4 Å². The zero-order valence-corrected chi connectivity index (χ0v) is 12.5. The summed E-state index contributed by atoms with van der Waals surface area (Å²) in [5.74, 6) is 1.42. The van der Waals surface area contributed by atoms with E-state index >= 15 is 0 Å². The average Bonchev–Trinajstić information content (AvgIpc) is 2.90. The van der Waals surface area contributed by atoms with E-state index in [0.29, 0.717) is 5.92 Å². The number of fused-ring (bicyclic) bond motifs is 1. The number of piperidine rings is 1. The number of ether oxygens (including phenoxy) is 1. The van der Waals surface area contributed by atoms with E-state index in [4.69, 9.17) is 9.15 Å². The molecule has 0 saturated carbocycles. The average molecular weight is 287 g/mol. The Morgan fingerprint density at radius 2 is 2.00 bits per heavy atom. The fourth-order valence-electron chi connectivity index (χ4n) is 2.83. The number of amides is 1. The standard InChI is InChI=1S/C17H21NO3/c1-12(2)20-17(19)18-9-7-13(8-10-18)16-11-14-5-3-4-6-15(14)21-16/h3-6,11-13H,7-10H2,1-2H3. The summed E-state index contributed by atoms with van der Waals surface area (Å²) in [5.41, 5.74) is 0.939. The van der Waals surface area contributed by atoms with Crippen molar-refractivity contribution >= 4 is 17.1 Å². The number of para-hydroxylation sites is 1. The van der Waals surface area contributed by atoms with Gasteiger partial charge in [0.2, 0.25) is 0 Å². The van der Waals surface area contributed by atoms with Crippen molar-refractivity contribution in [1.82, 2.24) is 4.90 Å². The van der Waals surface area contributed by atoms with Gasteiger partial charge >= 0.3 is 6.09 Å². The molecule has 0 aliphatic carbocycles. The SMILES string of the molecule is CC(C)OC(=O)N1CCC(c2cc3ccccc3o2)CC1. The lowest BCUT2D eigenvalue weighted by atomic mass is 9.94. The number of carbonyl (C=O) groups is 1. The minimum absolute atomic E-state index is 0.0643. The molecule has 2 aromatic rings. The van der Waals surface area contributed by atoms with Gasteiger partial charge in [-0.25, -0.2) is 4.79 Å². The Morgan fingerprint density at radius 1 is 1.29 bits per heavy atom. The van der Waals surface area contributed by atoms with Crippen molar-refractivity contribution in [3.05, 3.63) is 36.1 Å². The predicted octanol–water partition coefficient (Wildman–Crippen LogP) is 4.16. The molecule has 4 heteroatoms. The second-order valence-corrected chi connectivity index (χ2v) is 5.88. The summed E-state index contributed by atoms with van der Waals surface area (Å²) >= 11 is 0. The van der Waals surface area contributed by atoms with Crippen LogP contribution in [0.2, 0.25) is 0 Å². The Hall–Kier alpha value is -1.97. The van der Waals surface area contributed by atoms with E-state index in [1.165, 1.54) is 0 Å². The molecule has 1 aromatic heterocycles. The van der Waals surface area contributed by atoms with Crippen LogP contribution >= 0.6 is 0 Å². The molecule has 3 rings (SSSR count). The van der Waals surface area contributed by atoms with Crippen LogP contribution in [0.3, 0.4) is 0 Å². The minimum Gasteiger partial charge on any atom is -0.461 e. The summed E-state index contributed by atoms with van der Waals surface area (Å²) < 4.78 is 11.2. The lowest BCUT2D eigenvalue weighted by molar-refractivity contribution is 0.0684. The monoisotopic (exact) mass is 287 g/mol. The second-order valence-electron chi connectivity index (χ2n) is 5.88. The molecule has 0 N–H and O–H groups in total. The third-order valence-corrected chi connectivity index (χ3v) is 3.94. The molecule has 1 saturated heterocycles. The number of benzene rings is 1. The highest BCUT2D eigenvalue weighted by Crippen LogP contribution is 2.32. The Labute approximate surface area is 124 Å². The number of hydrogen-bond donors (Lipinski definition) is 0. The minimum atomic E-state index is -0.201. The highest BCUT2D eigenvalue weighted by atomic mass is 16.6. The molecule has 1 aliphatic rings. The lowest BCUT2D eigenvalue weighted by Crippen LogP contribution is -2.39. The third-order valence-electron chi connectivity index (χ3n) is 3.94. The highest BCUT2D eigenvalue weighted by Gasteiger charge is 2.27. The summed E-state index contributed by atoms with van der Waals surface area (Å²) in [5, 5.41) is 1.15. The van der Waals surface area contributed by atoms with Crippen LogP contribution in [-0.2, 0) is 4.74 Å². The number of furan rings is 1. The molecule has 4 nitrogen and oxygen atoms in total. The van der Waals surface area contributed by atoms with E-state index in [2.05, 4.69) is 12.1 Å². The molecule has 0 spiro atoms. The predicted molar refractivity (Wildman–Crippen MR) is 81.4 cm³/mol. The van der Waals surface area contributed by atoms with Crippen molar-refractivity contribution in [2.75, 3.05) is 13.1 Å². The number of rotatable bonds is 2. The van der Waals surface area contributed by atoms with Crippen LogP contribution in [0, 0.1) is 0 Å². The van der Waals surface area contributed by atoms with Crippen molar-refractivity contribution in [1.29, 1.82) is 0 Å². The van der Waals surface area contributed by atoms with Gasteiger partial charge in [0.15, 0.2) is 0 Å². The van der Waals surface area contributed by atoms with Gasteiger partial charge in [-0.1, -0.05) is 18.2 Å². The van der Waals surface area contributed by atoms with Gasteiger partial charge in [-0.3, -0.25) is 0 Å². The highest BCUT2D eigenvalue weighted by molar-refractivity contribution is 5.77. The Balaban J connectivity index is 1.64. The smallest absolute Gasteiger partial charge is 0.410 e. The molecule has 0 unspecified atom stereocenters. The molecule has 1 aliphatic heterocycles. The zero-order chi connectivity index (χ0) is 14.8. The normalized spacial score (nSPS) is 16.6. The number of likely N-dealkylation sites (tertiary alicyclic amines) is 1. The maximum Gasteiger partial charge on any atom is 0.410 e. The molecular formula is C17H21NO3. The second kappa shape index (κ2) is 5.80. The first-order valence-electron chi connectivity index (χ1n) is 7.57. The van der Waals surface area contributed by atoms with Crippen LogP contribution in [0.4, 0.5) is 4.79 Å². The molecule has 21 heavy (non-hydrogen) atoms. The van der Waals surface area contributed by atoms with Crippen LogP contribution in [0.25, 0.3) is 11.0 Å². The largest absolute Gasteiger partial charge is 0.461 e. The van der Waals surface area contributed by atoms with Crippen molar-refractivity contribution < 1.29 is 13.9 Å². The van der Waals surface area contributed by atoms with Gasteiger partial charge in [0, 0.05) is 24.4 Å². The van der Waals surface area contributed by atoms with Crippen molar-refractivity contribution in [2.45, 2.75) is 38.7 Å². The van der Waals surface area contributed by atoms with Gasteiger partial charge in [0.25, 0.3) is 0 Å². The summed E-state index contributed by atoms with van der Waals surface area (Å²) in [4.78, 5) is 13.7. The Kier molecular flexibility index (Phi) is 3.86. The van der Waals surface area contributed by atoms with Crippen molar-refractivity contribution in [3.8, 4) is 0 Å². The quantitative estimate of drug-likeness (QED) is 0.833. The molecule has 112 valence electrons. The third kappa shape index (κ3) is 3.04. The first kappa shape index (κ1) is 14.0. The molecule has 1 amide bonds. The first-order valence-corrected chi connectivity index (χ1v) is 7.57. The zero-order valence-electron chi connectivity index (χ0n) is 12.5. The molecule has 1 aromatic carbocycles. The van der Waals surface area contributed by atoms with Crippen LogP contribution in [0.5, 0.6) is 0 Å². The van der Waals surface area contributed by atoms with Gasteiger partial charge in [0.05, 0.1) is 6.10 Å². The van der Waals surface area contributed by atoms with Gasteiger partial charge in [-0.15, -0.1) is 0 Å². The van der Waals surface area contributed by atoms with Crippen LogP contribution in [-0.4, -0.2) is 30.2 Å². The summed E-state index contributed by atoms with van der Waals surface area (Å²) in [6, 6.07) is 10.2. The van der Waals surface area contributed by atoms with Gasteiger partial charge in [-0.2, -0.15) is 0 Å². The van der Waals surface area contributed by atoms with Gasteiger partial charge in [0.1, 0.15) is 11.3 Å². The number of carbonyl (C=O) groups excluding carboxylic acids is 1. The summed E-state index contributed by atoms with van der Waals surface area (Å²) in [7, 11) is 0. The van der Waals surface area contributed by atoms with Crippen molar-refractivity contribution in [2.24, 2.45) is 0 Å². The van der Waals surface area contributed by atoms with Crippen LogP contribution < -0.4 is 0 Å². The topological polar surface area (TPSA) is 42.7 Å². The van der Waals surface area contributed by atoms with Crippen LogP contribution in [0.15, 0.2) is 34.7 Å². The van der Waals surface area contributed by atoms with E-state index in [-0.39, 0.29) is 12.2 Å². The fraction of sp³-hybridized carbons (Fsp3) is 0.471. The fourth-order valence-corrected chi connectivity index (χ4v) is 2.83. The Morgan fingerprint density at radius 3 is 2.67 bits per heavy atom. The van der Waals surface area contributed by atoms with E-state index < -0.39 is 0 Å². The molecule has 2 heterocycles. The van der Waals surface area contributed by atoms with Gasteiger partial charge < -0.3 is 14.1 Å². The summed E-state index contributed by atoms with van der Waals surface area (Å²) in [6.07, 6.45) is 1.58. The maximum absolute atomic E-state index is 11.9. The maximum atomic E-state index is 11.9. The van der Waals surface area contributed by atoms with Gasteiger partial charge in [-0.05, 0) is 38.8 Å². The van der Waals surface area contributed by atoms with E-state index in [9.17, 15) is 4.79 Å². The first-order chi connectivity index (χ1) is 10.1. The molecule has 0 bridgehead atoms.